The third-order valence-electron chi connectivity index (χ3n) is 3.01. The number of hydrogen-bond donors (Lipinski definition) is 1. The van der Waals surface area contributed by atoms with Gasteiger partial charge in [-0.2, -0.15) is 0 Å². The molecule has 0 bridgehead atoms. The van der Waals surface area contributed by atoms with E-state index in [4.69, 9.17) is 4.74 Å². The summed E-state index contributed by atoms with van der Waals surface area (Å²) in [6.07, 6.45) is 1.32. The summed E-state index contributed by atoms with van der Waals surface area (Å²) in [4.78, 5) is 1.35. The summed E-state index contributed by atoms with van der Waals surface area (Å²) in [6, 6.07) is 6.43. The number of ether oxygens (including phenoxy) is 1. The number of benzene rings is 1. The van der Waals surface area contributed by atoms with Gasteiger partial charge in [-0.25, -0.2) is 0 Å². The van der Waals surface area contributed by atoms with Crippen molar-refractivity contribution in [2.24, 2.45) is 5.92 Å². The first kappa shape index (κ1) is 11.8. The van der Waals surface area contributed by atoms with Crippen LogP contribution in [-0.2, 0) is 0 Å². The molecule has 1 aromatic rings. The first-order valence-corrected chi connectivity index (χ1v) is 6.76. The lowest BCUT2D eigenvalue weighted by Crippen LogP contribution is -2.10. The van der Waals surface area contributed by atoms with E-state index in [1.165, 1.54) is 35.7 Å². The fourth-order valence-corrected chi connectivity index (χ4v) is 3.15. The van der Waals surface area contributed by atoms with Crippen LogP contribution in [0.5, 0.6) is 5.75 Å². The molecule has 0 saturated carbocycles. The van der Waals surface area contributed by atoms with Crippen molar-refractivity contribution in [3.8, 4) is 5.75 Å². The van der Waals surface area contributed by atoms with Crippen LogP contribution in [0.3, 0.4) is 0 Å². The second-order valence-corrected chi connectivity index (χ2v) is 5.39. The minimum Gasteiger partial charge on any atom is -0.496 e. The fraction of sp³-hybridized carbons (Fsp3) is 0.538. The summed E-state index contributed by atoms with van der Waals surface area (Å²) in [5, 5.41) is 3.40. The highest BCUT2D eigenvalue weighted by atomic mass is 32.2. The average molecular weight is 237 g/mol. The van der Waals surface area contributed by atoms with Crippen LogP contribution in [0.4, 0.5) is 0 Å². The van der Waals surface area contributed by atoms with E-state index in [1.54, 1.807) is 7.11 Å². The van der Waals surface area contributed by atoms with Crippen molar-refractivity contribution in [3.05, 3.63) is 23.8 Å². The zero-order chi connectivity index (χ0) is 11.4. The average Bonchev–Trinajstić information content (AvgIpc) is 2.79. The molecule has 1 unspecified atom stereocenters. The topological polar surface area (TPSA) is 21.3 Å². The van der Waals surface area contributed by atoms with Gasteiger partial charge in [0.1, 0.15) is 5.75 Å². The number of aryl methyl sites for hydroxylation is 1. The molecular formula is C13H19NOS. The van der Waals surface area contributed by atoms with Gasteiger partial charge in [-0.1, -0.05) is 0 Å². The van der Waals surface area contributed by atoms with Gasteiger partial charge in [-0.3, -0.25) is 0 Å². The summed E-state index contributed by atoms with van der Waals surface area (Å²) in [5.41, 5.74) is 1.22. The van der Waals surface area contributed by atoms with Crippen molar-refractivity contribution in [2.75, 3.05) is 26.0 Å². The maximum Gasteiger partial charge on any atom is 0.121 e. The Labute approximate surface area is 102 Å². The maximum atomic E-state index is 5.26. The molecule has 1 heterocycles. The molecule has 0 amide bonds. The lowest BCUT2D eigenvalue weighted by Gasteiger charge is -2.09. The Morgan fingerprint density at radius 1 is 1.50 bits per heavy atom. The minimum atomic E-state index is 0.840. The molecule has 1 fully saturated rings. The number of hydrogen-bond acceptors (Lipinski definition) is 3. The van der Waals surface area contributed by atoms with Crippen molar-refractivity contribution in [1.82, 2.24) is 5.32 Å². The van der Waals surface area contributed by atoms with E-state index in [2.05, 4.69) is 30.4 Å². The molecule has 1 aliphatic rings. The van der Waals surface area contributed by atoms with Gasteiger partial charge in [0.05, 0.1) is 7.11 Å². The molecule has 16 heavy (non-hydrogen) atoms. The van der Waals surface area contributed by atoms with E-state index >= 15 is 0 Å². The molecule has 1 aliphatic heterocycles. The van der Waals surface area contributed by atoms with Gasteiger partial charge in [0.2, 0.25) is 0 Å². The van der Waals surface area contributed by atoms with Crippen LogP contribution < -0.4 is 10.1 Å². The number of thioether (sulfide) groups is 1. The molecule has 3 heteroatoms. The van der Waals surface area contributed by atoms with Crippen LogP contribution in [0.25, 0.3) is 0 Å². The monoisotopic (exact) mass is 237 g/mol. The Bertz CT molecular complexity index is 348. The summed E-state index contributed by atoms with van der Waals surface area (Å²) in [7, 11) is 1.72. The Morgan fingerprint density at radius 2 is 2.38 bits per heavy atom. The molecule has 0 aliphatic carbocycles. The predicted octanol–water partition coefficient (Wildman–Crippen LogP) is 2.71. The van der Waals surface area contributed by atoms with Crippen molar-refractivity contribution >= 4 is 11.8 Å². The first-order chi connectivity index (χ1) is 7.79. The third kappa shape index (κ3) is 2.92. The minimum absolute atomic E-state index is 0.840. The van der Waals surface area contributed by atoms with Crippen molar-refractivity contribution < 1.29 is 4.74 Å². The zero-order valence-electron chi connectivity index (χ0n) is 9.95. The summed E-state index contributed by atoms with van der Waals surface area (Å²) in [5.74, 6) is 3.04. The summed E-state index contributed by atoms with van der Waals surface area (Å²) in [6.45, 7) is 4.47. The van der Waals surface area contributed by atoms with E-state index in [0.29, 0.717) is 0 Å². The molecule has 88 valence electrons. The molecule has 1 aromatic carbocycles. The molecule has 1 N–H and O–H groups in total. The second-order valence-electron chi connectivity index (χ2n) is 4.30. The molecule has 2 nitrogen and oxygen atoms in total. The Kier molecular flexibility index (Phi) is 4.13. The lowest BCUT2D eigenvalue weighted by molar-refractivity contribution is 0.411. The highest BCUT2D eigenvalue weighted by molar-refractivity contribution is 7.99. The van der Waals surface area contributed by atoms with E-state index in [-0.39, 0.29) is 0 Å². The lowest BCUT2D eigenvalue weighted by atomic mass is 10.2. The largest absolute Gasteiger partial charge is 0.496 e. The van der Waals surface area contributed by atoms with Gasteiger partial charge in [-0.15, -0.1) is 11.8 Å². The van der Waals surface area contributed by atoms with Gasteiger partial charge >= 0.3 is 0 Å². The zero-order valence-corrected chi connectivity index (χ0v) is 10.8. The molecular weight excluding hydrogens is 218 g/mol. The normalized spacial score (nSPS) is 20.0. The quantitative estimate of drug-likeness (QED) is 0.814. The Hall–Kier alpha value is -0.670. The Balaban J connectivity index is 1.91. The second kappa shape index (κ2) is 5.60. The van der Waals surface area contributed by atoms with E-state index in [0.717, 1.165) is 11.7 Å². The van der Waals surface area contributed by atoms with Crippen LogP contribution in [0.15, 0.2) is 23.1 Å². The molecule has 0 aromatic heterocycles. The predicted molar refractivity (Wildman–Crippen MR) is 69.4 cm³/mol. The summed E-state index contributed by atoms with van der Waals surface area (Å²) >= 11 is 1.96. The van der Waals surface area contributed by atoms with Crippen molar-refractivity contribution in [3.63, 3.8) is 0 Å². The smallest absolute Gasteiger partial charge is 0.121 e. The van der Waals surface area contributed by atoms with Crippen LogP contribution >= 0.6 is 11.8 Å². The molecule has 0 radical (unpaired) electrons. The van der Waals surface area contributed by atoms with E-state index < -0.39 is 0 Å². The van der Waals surface area contributed by atoms with Gasteiger partial charge < -0.3 is 10.1 Å². The third-order valence-corrected chi connectivity index (χ3v) is 4.24. The summed E-state index contributed by atoms with van der Waals surface area (Å²) < 4.78 is 5.26. The molecule has 0 spiro atoms. The van der Waals surface area contributed by atoms with Gasteiger partial charge in [-0.05, 0) is 56.1 Å². The first-order valence-electron chi connectivity index (χ1n) is 5.78. The highest BCUT2D eigenvalue weighted by Crippen LogP contribution is 2.27. The van der Waals surface area contributed by atoms with E-state index in [9.17, 15) is 0 Å². The molecule has 2 rings (SSSR count). The van der Waals surface area contributed by atoms with E-state index in [1.807, 2.05) is 11.8 Å². The van der Waals surface area contributed by atoms with Gasteiger partial charge in [0.25, 0.3) is 0 Å². The SMILES string of the molecule is COc1ccc(SCC2CCNC2)cc1C. The Morgan fingerprint density at radius 3 is 3.00 bits per heavy atom. The standard InChI is InChI=1S/C13H19NOS/c1-10-7-12(3-4-13(10)15-2)16-9-11-5-6-14-8-11/h3-4,7,11,14H,5-6,8-9H2,1-2H3. The molecule has 1 atom stereocenters. The van der Waals surface area contributed by atoms with Crippen LogP contribution in [0.1, 0.15) is 12.0 Å². The van der Waals surface area contributed by atoms with Gasteiger partial charge in [0.15, 0.2) is 0 Å². The van der Waals surface area contributed by atoms with Crippen LogP contribution in [0, 0.1) is 12.8 Å². The van der Waals surface area contributed by atoms with Crippen molar-refractivity contribution in [1.29, 1.82) is 0 Å². The van der Waals surface area contributed by atoms with Crippen LogP contribution in [-0.4, -0.2) is 26.0 Å². The van der Waals surface area contributed by atoms with Crippen LogP contribution in [0.2, 0.25) is 0 Å². The number of nitrogens with one attached hydrogen (secondary N) is 1. The molecule has 1 saturated heterocycles. The maximum absolute atomic E-state index is 5.26. The fourth-order valence-electron chi connectivity index (χ4n) is 2.01. The number of rotatable bonds is 4. The van der Waals surface area contributed by atoms with Gasteiger partial charge in [0, 0.05) is 10.6 Å². The highest BCUT2D eigenvalue weighted by Gasteiger charge is 2.14. The van der Waals surface area contributed by atoms with Crippen molar-refractivity contribution in [2.45, 2.75) is 18.2 Å². The number of methoxy groups -OCH3 is 1.